The molecular formula is C30H45N5O8S. The molecule has 1 aromatic rings. The van der Waals surface area contributed by atoms with Crippen molar-refractivity contribution in [3.8, 4) is 0 Å². The van der Waals surface area contributed by atoms with Gasteiger partial charge >= 0.3 is 6.09 Å². The van der Waals surface area contributed by atoms with Crippen molar-refractivity contribution in [2.24, 2.45) is 0 Å². The van der Waals surface area contributed by atoms with Gasteiger partial charge in [0.15, 0.2) is 0 Å². The first kappa shape index (κ1) is 38.0. The van der Waals surface area contributed by atoms with E-state index in [-0.39, 0.29) is 31.4 Å². The van der Waals surface area contributed by atoms with Crippen molar-refractivity contribution in [3.63, 3.8) is 0 Å². The Kier molecular flexibility index (Phi) is 18.6. The van der Waals surface area contributed by atoms with E-state index < -0.39 is 34.7 Å². The van der Waals surface area contributed by atoms with Gasteiger partial charge in [-0.2, -0.15) is 0 Å². The highest BCUT2D eigenvalue weighted by atomic mass is 32.2. The fourth-order valence-electron chi connectivity index (χ4n) is 3.77. The predicted octanol–water partition coefficient (Wildman–Crippen LogP) is 1.75. The molecule has 244 valence electrons. The number of carbonyl (C=O) groups excluding carboxylic acids is 6. The molecule has 0 radical (unpaired) electrons. The van der Waals surface area contributed by atoms with Crippen molar-refractivity contribution < 1.29 is 37.7 Å². The number of allylic oxidation sites excluding steroid dienone is 1. The van der Waals surface area contributed by atoms with E-state index in [1.54, 1.807) is 37.6 Å². The molecule has 5 amide bonds. The molecule has 0 fully saturated rings. The minimum atomic E-state index is -1.01. The zero-order chi connectivity index (χ0) is 32.9. The maximum absolute atomic E-state index is 12.5. The van der Waals surface area contributed by atoms with Gasteiger partial charge in [-0.1, -0.05) is 25.5 Å². The van der Waals surface area contributed by atoms with Crippen molar-refractivity contribution in [1.82, 2.24) is 20.4 Å². The van der Waals surface area contributed by atoms with E-state index in [1.807, 2.05) is 6.92 Å². The van der Waals surface area contributed by atoms with E-state index in [0.717, 1.165) is 18.1 Å². The number of amides is 5. The number of benzene rings is 1. The lowest BCUT2D eigenvalue weighted by atomic mass is 10.2. The monoisotopic (exact) mass is 635 g/mol. The Hall–Kier alpha value is -4.07. The quantitative estimate of drug-likeness (QED) is 0.111. The highest BCUT2D eigenvalue weighted by Gasteiger charge is 2.17. The molecule has 14 heteroatoms. The number of ether oxygens (including phenoxy) is 1. The summed E-state index contributed by atoms with van der Waals surface area (Å²) in [7, 11) is 0.621. The molecule has 0 aromatic heterocycles. The number of anilines is 1. The topological polar surface area (TPSA) is 171 Å². The molecule has 0 aliphatic heterocycles. The number of carbonyl (C=O) groups is 6. The molecular weight excluding hydrogens is 590 g/mol. The van der Waals surface area contributed by atoms with Gasteiger partial charge in [0.05, 0.1) is 6.54 Å². The fourth-order valence-corrected chi connectivity index (χ4v) is 4.25. The van der Waals surface area contributed by atoms with Crippen LogP contribution in [0.1, 0.15) is 51.5 Å². The number of nitrogens with zero attached hydrogens (tertiary/aromatic N) is 2. The lowest BCUT2D eigenvalue weighted by molar-refractivity contribution is -0.128. The lowest BCUT2D eigenvalue weighted by Gasteiger charge is -2.21. The fraction of sp³-hybridized carbons (Fsp3) is 0.533. The molecule has 0 aliphatic rings. The van der Waals surface area contributed by atoms with Gasteiger partial charge in [0.2, 0.25) is 23.6 Å². The Bertz CT molecular complexity index is 1160. The average Bonchev–Trinajstić information content (AvgIpc) is 2.99. The molecule has 1 rings (SSSR count). The summed E-state index contributed by atoms with van der Waals surface area (Å²) in [5, 5.41) is 7.77. The average molecular weight is 636 g/mol. The summed E-state index contributed by atoms with van der Waals surface area (Å²) >= 11 is 0. The number of rotatable bonds is 20. The van der Waals surface area contributed by atoms with E-state index in [2.05, 4.69) is 16.0 Å². The van der Waals surface area contributed by atoms with E-state index >= 15 is 0 Å². The highest BCUT2D eigenvalue weighted by Crippen LogP contribution is 2.12. The zero-order valence-electron chi connectivity index (χ0n) is 26.0. The molecule has 1 aromatic carbocycles. The zero-order valence-corrected chi connectivity index (χ0v) is 26.8. The Morgan fingerprint density at radius 2 is 1.70 bits per heavy atom. The van der Waals surface area contributed by atoms with Crippen LogP contribution in [0.5, 0.6) is 0 Å². The van der Waals surface area contributed by atoms with Crippen molar-refractivity contribution in [2.45, 2.75) is 58.6 Å². The smallest absolute Gasteiger partial charge is 0.410 e. The van der Waals surface area contributed by atoms with Crippen LogP contribution in [-0.4, -0.2) is 101 Å². The van der Waals surface area contributed by atoms with Gasteiger partial charge in [0, 0.05) is 67.7 Å². The number of likely N-dealkylation sites (N-methyl/N-ethyl adjacent to an activating group) is 1. The second-order valence-corrected chi connectivity index (χ2v) is 11.7. The number of unbranched alkanes of at least 4 members (excludes halogenated alkanes) is 2. The molecule has 0 spiro atoms. The number of hydrogen-bond acceptors (Lipinski definition) is 8. The summed E-state index contributed by atoms with van der Waals surface area (Å²) in [6.07, 6.45) is 6.93. The largest absolute Gasteiger partial charge is 0.445 e. The van der Waals surface area contributed by atoms with Crippen molar-refractivity contribution in [1.29, 1.82) is 0 Å². The normalized spacial score (nSPS) is 12.1. The van der Waals surface area contributed by atoms with E-state index in [4.69, 9.17) is 4.74 Å². The Balaban J connectivity index is 2.34. The van der Waals surface area contributed by atoms with Gasteiger partial charge in [0.1, 0.15) is 18.9 Å². The summed E-state index contributed by atoms with van der Waals surface area (Å²) < 4.78 is 16.7. The van der Waals surface area contributed by atoms with Crippen LogP contribution < -0.4 is 16.0 Å². The van der Waals surface area contributed by atoms with Gasteiger partial charge in [-0.15, -0.1) is 0 Å². The van der Waals surface area contributed by atoms with Crippen molar-refractivity contribution >= 4 is 52.5 Å². The molecule has 3 N–H and O–H groups in total. The predicted molar refractivity (Wildman–Crippen MR) is 168 cm³/mol. The third-order valence-electron chi connectivity index (χ3n) is 6.29. The Morgan fingerprint density at radius 1 is 1.00 bits per heavy atom. The molecule has 0 aliphatic carbocycles. The molecule has 44 heavy (non-hydrogen) atoms. The van der Waals surface area contributed by atoms with Crippen LogP contribution in [0.3, 0.4) is 0 Å². The molecule has 0 saturated carbocycles. The van der Waals surface area contributed by atoms with Crippen LogP contribution in [0.15, 0.2) is 36.4 Å². The van der Waals surface area contributed by atoms with Gasteiger partial charge in [-0.3, -0.25) is 28.2 Å². The van der Waals surface area contributed by atoms with Gasteiger partial charge in [-0.25, -0.2) is 4.79 Å². The van der Waals surface area contributed by atoms with Crippen LogP contribution in [0.25, 0.3) is 0 Å². The summed E-state index contributed by atoms with van der Waals surface area (Å²) in [4.78, 5) is 74.1. The first-order valence-corrected chi connectivity index (χ1v) is 16.2. The first-order valence-electron chi connectivity index (χ1n) is 14.5. The van der Waals surface area contributed by atoms with Crippen molar-refractivity contribution in [3.05, 3.63) is 42.0 Å². The standard InChI is InChI=1S/C30H45N5O8S/c1-5-16-35(18-20-44(4)42)30(41)43-22-24-12-14-25(15-13-24)33-29(40)23(2)32-27(38)21-31-26(37)10-7-6-8-17-34(3)28(39)11-9-19-36/h9,11-15,19,23H,5-8,10,16-18,20-22H2,1-4H3,(H,31,37)(H,32,38)(H,33,40)/b11-9-. The number of aldehydes is 1. The van der Waals surface area contributed by atoms with E-state index in [9.17, 15) is 33.0 Å². The maximum atomic E-state index is 12.5. The second kappa shape index (κ2) is 21.6. The minimum absolute atomic E-state index is 0.0419. The van der Waals surface area contributed by atoms with Gasteiger partial charge in [0.25, 0.3) is 0 Å². The second-order valence-electron chi connectivity index (χ2n) is 10.1. The minimum Gasteiger partial charge on any atom is -0.445 e. The highest BCUT2D eigenvalue weighted by molar-refractivity contribution is 7.84. The summed E-state index contributed by atoms with van der Waals surface area (Å²) in [6.45, 7) is 4.60. The Morgan fingerprint density at radius 3 is 2.34 bits per heavy atom. The third kappa shape index (κ3) is 16.5. The molecule has 13 nitrogen and oxygen atoms in total. The SMILES string of the molecule is CCCN(CCS(C)=O)C(=O)OCc1ccc(NC(=O)C(C)NC(=O)CNC(=O)CCCCCN(C)C(=O)/C=C\C=O)cc1. The van der Waals surface area contributed by atoms with Crippen LogP contribution in [0.4, 0.5) is 10.5 Å². The number of hydrogen-bond donors (Lipinski definition) is 3. The molecule has 2 unspecified atom stereocenters. The first-order chi connectivity index (χ1) is 21.0. The number of nitrogens with one attached hydrogen (secondary N) is 3. The summed E-state index contributed by atoms with van der Waals surface area (Å²) in [5.74, 6) is -1.14. The Labute approximate surface area is 261 Å². The summed E-state index contributed by atoms with van der Waals surface area (Å²) in [5.41, 5.74) is 1.21. The van der Waals surface area contributed by atoms with E-state index in [0.29, 0.717) is 56.6 Å². The summed E-state index contributed by atoms with van der Waals surface area (Å²) in [6, 6.07) is 5.86. The third-order valence-corrected chi connectivity index (χ3v) is 7.05. The van der Waals surface area contributed by atoms with Crippen LogP contribution >= 0.6 is 0 Å². The molecule has 2 atom stereocenters. The van der Waals surface area contributed by atoms with Crippen LogP contribution in [-0.2, 0) is 46.1 Å². The maximum Gasteiger partial charge on any atom is 0.410 e. The van der Waals surface area contributed by atoms with Crippen molar-refractivity contribution in [2.75, 3.05) is 50.6 Å². The van der Waals surface area contributed by atoms with Gasteiger partial charge in [-0.05, 0) is 50.0 Å². The molecule has 0 saturated heterocycles. The lowest BCUT2D eigenvalue weighted by Crippen LogP contribution is -2.45. The molecule has 0 bridgehead atoms. The van der Waals surface area contributed by atoms with E-state index in [1.165, 1.54) is 22.8 Å². The van der Waals surface area contributed by atoms with Gasteiger partial charge < -0.3 is 30.5 Å². The van der Waals surface area contributed by atoms with Crippen LogP contribution in [0.2, 0.25) is 0 Å². The van der Waals surface area contributed by atoms with Crippen LogP contribution in [0, 0.1) is 0 Å². The molecule has 0 heterocycles.